The van der Waals surface area contributed by atoms with E-state index >= 15 is 0 Å². The van der Waals surface area contributed by atoms with E-state index in [1.807, 2.05) is 11.8 Å². The highest BCUT2D eigenvalue weighted by Crippen LogP contribution is 2.26. The van der Waals surface area contributed by atoms with Gasteiger partial charge in [0.05, 0.1) is 18.8 Å². The molecule has 0 spiro atoms. The fourth-order valence-electron chi connectivity index (χ4n) is 3.90. The van der Waals surface area contributed by atoms with Crippen LogP contribution in [0.3, 0.4) is 0 Å². The third kappa shape index (κ3) is 4.00. The average Bonchev–Trinajstić information content (AvgIpc) is 3.07. The first-order valence-electron chi connectivity index (χ1n) is 8.99. The summed E-state index contributed by atoms with van der Waals surface area (Å²) >= 11 is 0. The first-order valence-corrected chi connectivity index (χ1v) is 8.99. The van der Waals surface area contributed by atoms with Gasteiger partial charge in [0.15, 0.2) is 0 Å². The molecule has 126 valence electrons. The van der Waals surface area contributed by atoms with Gasteiger partial charge in [-0.2, -0.15) is 0 Å². The van der Waals surface area contributed by atoms with Gasteiger partial charge in [-0.15, -0.1) is 0 Å². The van der Waals surface area contributed by atoms with Crippen LogP contribution in [-0.4, -0.2) is 61.9 Å². The zero-order chi connectivity index (χ0) is 15.4. The smallest absolute Gasteiger partial charge is 0.242 e. The number of carbonyl (C=O) groups excluding carboxylic acids is 1. The molecule has 2 saturated heterocycles. The van der Waals surface area contributed by atoms with Crippen molar-refractivity contribution >= 4 is 5.91 Å². The zero-order valence-corrected chi connectivity index (χ0v) is 13.8. The summed E-state index contributed by atoms with van der Waals surface area (Å²) < 4.78 is 11.7. The lowest BCUT2D eigenvalue weighted by molar-refractivity contribution is -0.142. The molecule has 3 aliphatic rings. The van der Waals surface area contributed by atoms with Crippen LogP contribution in [-0.2, 0) is 14.3 Å². The number of ether oxygens (including phenoxy) is 2. The number of likely N-dealkylation sites (tertiary alicyclic amines) is 1. The summed E-state index contributed by atoms with van der Waals surface area (Å²) in [5.41, 5.74) is 0. The molecule has 3 rings (SSSR count). The summed E-state index contributed by atoms with van der Waals surface area (Å²) in [6, 6.07) is -0.176. The van der Waals surface area contributed by atoms with Crippen molar-refractivity contribution in [3.8, 4) is 0 Å². The van der Waals surface area contributed by atoms with E-state index in [-0.39, 0.29) is 18.1 Å². The first kappa shape index (κ1) is 16.2. The van der Waals surface area contributed by atoms with E-state index in [0.29, 0.717) is 12.7 Å². The summed E-state index contributed by atoms with van der Waals surface area (Å²) in [5.74, 6) is 0.977. The molecule has 0 unspecified atom stereocenters. The highest BCUT2D eigenvalue weighted by atomic mass is 16.5. The maximum atomic E-state index is 12.6. The third-order valence-electron chi connectivity index (χ3n) is 5.38. The van der Waals surface area contributed by atoms with E-state index in [2.05, 4.69) is 5.32 Å². The van der Waals surface area contributed by atoms with Crippen molar-refractivity contribution in [3.63, 3.8) is 0 Å². The second-order valence-corrected chi connectivity index (χ2v) is 7.02. The monoisotopic (exact) mass is 310 g/mol. The fourth-order valence-corrected chi connectivity index (χ4v) is 3.90. The molecular weight excluding hydrogens is 280 g/mol. The number of piperidine rings is 1. The lowest BCUT2D eigenvalue weighted by atomic mass is 10.0. The molecule has 0 aromatic carbocycles. The van der Waals surface area contributed by atoms with Crippen LogP contribution in [0.25, 0.3) is 0 Å². The van der Waals surface area contributed by atoms with E-state index in [0.717, 1.165) is 45.0 Å². The number of hydrogen-bond donors (Lipinski definition) is 1. The van der Waals surface area contributed by atoms with Gasteiger partial charge in [-0.25, -0.2) is 0 Å². The van der Waals surface area contributed by atoms with E-state index in [4.69, 9.17) is 9.47 Å². The molecule has 0 aromatic rings. The Balaban J connectivity index is 1.39. The topological polar surface area (TPSA) is 50.8 Å². The minimum atomic E-state index is -0.176. The van der Waals surface area contributed by atoms with E-state index < -0.39 is 0 Å². The Bertz CT molecular complexity index is 363. The van der Waals surface area contributed by atoms with Gasteiger partial charge in [-0.3, -0.25) is 4.79 Å². The molecule has 3 fully saturated rings. The second kappa shape index (κ2) is 7.75. The molecule has 1 aliphatic carbocycles. The Hall–Kier alpha value is -0.650. The van der Waals surface area contributed by atoms with Crippen molar-refractivity contribution in [1.82, 2.24) is 10.2 Å². The van der Waals surface area contributed by atoms with E-state index in [1.54, 1.807) is 0 Å². The molecule has 1 amide bonds. The van der Waals surface area contributed by atoms with Gasteiger partial charge in [0.1, 0.15) is 6.04 Å². The Morgan fingerprint density at radius 3 is 2.64 bits per heavy atom. The van der Waals surface area contributed by atoms with E-state index in [1.165, 1.54) is 25.7 Å². The van der Waals surface area contributed by atoms with E-state index in [9.17, 15) is 4.79 Å². The van der Waals surface area contributed by atoms with Gasteiger partial charge in [-0.05, 0) is 38.5 Å². The van der Waals surface area contributed by atoms with Crippen LogP contribution in [0.5, 0.6) is 0 Å². The normalized spacial score (nSPS) is 31.6. The molecule has 2 aliphatic heterocycles. The highest BCUT2D eigenvalue weighted by Gasteiger charge is 2.33. The maximum Gasteiger partial charge on any atom is 0.242 e. The number of carbonyl (C=O) groups is 1. The van der Waals surface area contributed by atoms with Gasteiger partial charge >= 0.3 is 0 Å². The predicted octanol–water partition coefficient (Wildman–Crippen LogP) is 1.56. The van der Waals surface area contributed by atoms with Crippen LogP contribution < -0.4 is 5.32 Å². The van der Waals surface area contributed by atoms with Crippen LogP contribution in [0.1, 0.15) is 45.4 Å². The van der Waals surface area contributed by atoms with Crippen molar-refractivity contribution in [2.75, 3.05) is 32.8 Å². The number of amides is 1. The van der Waals surface area contributed by atoms with Gasteiger partial charge in [0.25, 0.3) is 0 Å². The molecule has 1 N–H and O–H groups in total. The number of nitrogens with zero attached hydrogens (tertiary/aromatic N) is 1. The molecule has 1 saturated carbocycles. The molecule has 0 bridgehead atoms. The summed E-state index contributed by atoms with van der Waals surface area (Å²) in [4.78, 5) is 14.6. The largest absolute Gasteiger partial charge is 0.378 e. The average molecular weight is 310 g/mol. The van der Waals surface area contributed by atoms with Crippen LogP contribution in [0.2, 0.25) is 0 Å². The molecule has 2 heterocycles. The molecular formula is C17H30N2O3. The maximum absolute atomic E-state index is 12.6. The Kier molecular flexibility index (Phi) is 5.71. The summed E-state index contributed by atoms with van der Waals surface area (Å²) in [7, 11) is 0. The summed E-state index contributed by atoms with van der Waals surface area (Å²) in [6.07, 6.45) is 7.67. The van der Waals surface area contributed by atoms with Gasteiger partial charge in [0.2, 0.25) is 5.91 Å². The molecule has 0 radical (unpaired) electrons. The van der Waals surface area contributed by atoms with Crippen molar-refractivity contribution < 1.29 is 14.3 Å². The fraction of sp³-hybridized carbons (Fsp3) is 0.941. The minimum absolute atomic E-state index is 0.0300. The SMILES string of the molecule is C[C@H]1OCCN[C@@H]1C(=O)N1CCC(OCC2CCCC2)CC1. The number of morpholine rings is 1. The Morgan fingerprint density at radius 2 is 1.95 bits per heavy atom. The molecule has 5 nitrogen and oxygen atoms in total. The second-order valence-electron chi connectivity index (χ2n) is 7.02. The first-order chi connectivity index (χ1) is 10.7. The third-order valence-corrected chi connectivity index (χ3v) is 5.38. The molecule has 5 heteroatoms. The van der Waals surface area contributed by atoms with Crippen molar-refractivity contribution in [2.24, 2.45) is 5.92 Å². The number of rotatable bonds is 4. The molecule has 0 aromatic heterocycles. The van der Waals surface area contributed by atoms with Crippen LogP contribution in [0.4, 0.5) is 0 Å². The lowest BCUT2D eigenvalue weighted by Gasteiger charge is -2.37. The van der Waals surface area contributed by atoms with Crippen LogP contribution >= 0.6 is 0 Å². The van der Waals surface area contributed by atoms with Gasteiger partial charge in [-0.1, -0.05) is 12.8 Å². The van der Waals surface area contributed by atoms with Crippen molar-refractivity contribution in [1.29, 1.82) is 0 Å². The quantitative estimate of drug-likeness (QED) is 0.856. The van der Waals surface area contributed by atoms with Crippen molar-refractivity contribution in [3.05, 3.63) is 0 Å². The van der Waals surface area contributed by atoms with Gasteiger partial charge in [0, 0.05) is 26.2 Å². The standard InChI is InChI=1S/C17H30N2O3/c1-13-16(18-8-11-21-13)17(20)19-9-6-15(7-10-19)22-12-14-4-2-3-5-14/h13-16,18H,2-12H2,1H3/t13-,16+/m1/s1. The molecule has 22 heavy (non-hydrogen) atoms. The zero-order valence-electron chi connectivity index (χ0n) is 13.8. The summed E-state index contributed by atoms with van der Waals surface area (Å²) in [5, 5.41) is 3.29. The molecule has 2 atom stereocenters. The number of nitrogens with one attached hydrogen (secondary N) is 1. The van der Waals surface area contributed by atoms with Crippen molar-refractivity contribution in [2.45, 2.75) is 63.7 Å². The summed E-state index contributed by atoms with van der Waals surface area (Å²) in [6.45, 7) is 6.00. The minimum Gasteiger partial charge on any atom is -0.378 e. The number of hydrogen-bond acceptors (Lipinski definition) is 4. The van der Waals surface area contributed by atoms with Gasteiger partial charge < -0.3 is 19.7 Å². The Labute approximate surface area is 133 Å². The van der Waals surface area contributed by atoms with Crippen LogP contribution in [0, 0.1) is 5.92 Å². The predicted molar refractivity (Wildman–Crippen MR) is 84.7 cm³/mol. The lowest BCUT2D eigenvalue weighted by Crippen LogP contribution is -2.57. The highest BCUT2D eigenvalue weighted by molar-refractivity contribution is 5.82. The van der Waals surface area contributed by atoms with Crippen LogP contribution in [0.15, 0.2) is 0 Å². The Morgan fingerprint density at radius 1 is 1.23 bits per heavy atom.